The lowest BCUT2D eigenvalue weighted by atomic mass is 10.1. The normalized spacial score (nSPS) is 10.9. The van der Waals surface area contributed by atoms with Gasteiger partial charge in [-0.25, -0.2) is 0 Å². The van der Waals surface area contributed by atoms with E-state index in [2.05, 4.69) is 79.3 Å². The first-order valence-electron chi connectivity index (χ1n) is 9.29. The molecule has 0 aliphatic carbocycles. The molecule has 0 aliphatic heterocycles. The Labute approximate surface area is 161 Å². The van der Waals surface area contributed by atoms with E-state index in [1.165, 1.54) is 22.3 Å². The number of anilines is 3. The molecule has 3 rings (SSSR count). The van der Waals surface area contributed by atoms with Crippen LogP contribution in [-0.4, -0.2) is 21.2 Å². The van der Waals surface area contributed by atoms with Crippen molar-refractivity contribution in [2.75, 3.05) is 10.2 Å². The number of benzene rings is 2. The zero-order chi connectivity index (χ0) is 19.4. The topological polar surface area (TPSA) is 53.9 Å². The van der Waals surface area contributed by atoms with E-state index in [1.54, 1.807) is 6.20 Å². The van der Waals surface area contributed by atoms with Gasteiger partial charge in [0.05, 0.1) is 6.20 Å². The van der Waals surface area contributed by atoms with Gasteiger partial charge in [-0.3, -0.25) is 0 Å². The monoisotopic (exact) mass is 361 g/mol. The standard InChI is InChI=1S/C22H27N5/c1-15(2)27(14-19-9-7-6-8-10-19)22-25-20(13-23-26-22)24-21-17(4)11-16(3)12-18(21)5/h6-13,15H,14H2,1-5H3,(H,24,25,26). The molecule has 140 valence electrons. The number of aryl methyl sites for hydroxylation is 3. The summed E-state index contributed by atoms with van der Waals surface area (Å²) in [6.45, 7) is 11.3. The molecule has 2 aromatic carbocycles. The third kappa shape index (κ3) is 4.61. The van der Waals surface area contributed by atoms with Gasteiger partial charge in [0.2, 0.25) is 5.95 Å². The van der Waals surface area contributed by atoms with Gasteiger partial charge in [-0.05, 0) is 51.3 Å². The molecule has 5 nitrogen and oxygen atoms in total. The van der Waals surface area contributed by atoms with Crippen molar-refractivity contribution < 1.29 is 0 Å². The average Bonchev–Trinajstić information content (AvgIpc) is 2.63. The summed E-state index contributed by atoms with van der Waals surface area (Å²) in [6.07, 6.45) is 1.67. The third-order valence-electron chi connectivity index (χ3n) is 4.55. The minimum Gasteiger partial charge on any atom is -0.338 e. The number of rotatable bonds is 6. The predicted molar refractivity (Wildman–Crippen MR) is 112 cm³/mol. The van der Waals surface area contributed by atoms with Crippen LogP contribution in [0.5, 0.6) is 0 Å². The van der Waals surface area contributed by atoms with E-state index in [-0.39, 0.29) is 6.04 Å². The Bertz CT molecular complexity index is 883. The fraction of sp³-hybridized carbons (Fsp3) is 0.318. The molecular weight excluding hydrogens is 334 g/mol. The van der Waals surface area contributed by atoms with Gasteiger partial charge in [0, 0.05) is 18.3 Å². The molecule has 5 heteroatoms. The second-order valence-corrected chi connectivity index (χ2v) is 7.25. The second-order valence-electron chi connectivity index (χ2n) is 7.25. The summed E-state index contributed by atoms with van der Waals surface area (Å²) in [4.78, 5) is 6.89. The van der Waals surface area contributed by atoms with Crippen LogP contribution in [0.3, 0.4) is 0 Å². The summed E-state index contributed by atoms with van der Waals surface area (Å²) in [5, 5.41) is 11.9. The summed E-state index contributed by atoms with van der Waals surface area (Å²) in [5.74, 6) is 1.33. The highest BCUT2D eigenvalue weighted by atomic mass is 15.3. The molecular formula is C22H27N5. The van der Waals surface area contributed by atoms with Crippen molar-refractivity contribution in [2.45, 2.75) is 47.2 Å². The first kappa shape index (κ1) is 18.8. The van der Waals surface area contributed by atoms with Gasteiger partial charge in [0.15, 0.2) is 5.82 Å². The molecule has 1 N–H and O–H groups in total. The van der Waals surface area contributed by atoms with Crippen molar-refractivity contribution in [1.82, 2.24) is 15.2 Å². The molecule has 3 aromatic rings. The van der Waals surface area contributed by atoms with Crippen molar-refractivity contribution in [1.29, 1.82) is 0 Å². The Kier molecular flexibility index (Phi) is 5.69. The smallest absolute Gasteiger partial charge is 0.247 e. The van der Waals surface area contributed by atoms with E-state index in [1.807, 2.05) is 18.2 Å². The Hall–Kier alpha value is -2.95. The number of aromatic nitrogens is 3. The molecule has 0 saturated heterocycles. The molecule has 0 bridgehead atoms. The van der Waals surface area contributed by atoms with Crippen LogP contribution in [0.25, 0.3) is 0 Å². The maximum Gasteiger partial charge on any atom is 0.247 e. The summed E-state index contributed by atoms with van der Waals surface area (Å²) >= 11 is 0. The highest BCUT2D eigenvalue weighted by Gasteiger charge is 2.16. The fourth-order valence-electron chi connectivity index (χ4n) is 3.25. The number of nitrogens with one attached hydrogen (secondary N) is 1. The van der Waals surface area contributed by atoms with Gasteiger partial charge in [0.25, 0.3) is 0 Å². The minimum absolute atomic E-state index is 0.255. The third-order valence-corrected chi connectivity index (χ3v) is 4.55. The van der Waals surface area contributed by atoms with E-state index in [4.69, 9.17) is 4.98 Å². The fourth-order valence-corrected chi connectivity index (χ4v) is 3.25. The molecule has 27 heavy (non-hydrogen) atoms. The van der Waals surface area contributed by atoms with E-state index in [0.29, 0.717) is 11.8 Å². The Morgan fingerprint density at radius 1 is 1.00 bits per heavy atom. The van der Waals surface area contributed by atoms with Crippen LogP contribution in [0.15, 0.2) is 48.7 Å². The largest absolute Gasteiger partial charge is 0.338 e. The number of hydrogen-bond donors (Lipinski definition) is 1. The van der Waals surface area contributed by atoms with Crippen LogP contribution in [0.1, 0.15) is 36.1 Å². The van der Waals surface area contributed by atoms with E-state index in [9.17, 15) is 0 Å². The predicted octanol–water partition coefficient (Wildman–Crippen LogP) is 4.96. The Balaban J connectivity index is 1.87. The average molecular weight is 361 g/mol. The Morgan fingerprint density at radius 3 is 2.30 bits per heavy atom. The van der Waals surface area contributed by atoms with Crippen LogP contribution < -0.4 is 10.2 Å². The molecule has 1 heterocycles. The van der Waals surface area contributed by atoms with Crippen molar-refractivity contribution in [3.05, 3.63) is 70.9 Å². The summed E-state index contributed by atoms with van der Waals surface area (Å²) in [6, 6.07) is 14.9. The highest BCUT2D eigenvalue weighted by Crippen LogP contribution is 2.25. The molecule has 0 unspecified atom stereocenters. The van der Waals surface area contributed by atoms with E-state index >= 15 is 0 Å². The first-order valence-corrected chi connectivity index (χ1v) is 9.29. The van der Waals surface area contributed by atoms with E-state index in [0.717, 1.165) is 12.2 Å². The van der Waals surface area contributed by atoms with Gasteiger partial charge in [-0.1, -0.05) is 48.0 Å². The minimum atomic E-state index is 0.255. The van der Waals surface area contributed by atoms with Crippen LogP contribution in [0.4, 0.5) is 17.5 Å². The van der Waals surface area contributed by atoms with Crippen molar-refractivity contribution in [3.63, 3.8) is 0 Å². The summed E-state index contributed by atoms with van der Waals surface area (Å²) < 4.78 is 0. The van der Waals surface area contributed by atoms with Gasteiger partial charge in [-0.2, -0.15) is 10.1 Å². The highest BCUT2D eigenvalue weighted by molar-refractivity contribution is 5.65. The first-order chi connectivity index (χ1) is 12.9. The Morgan fingerprint density at radius 2 is 1.67 bits per heavy atom. The lowest BCUT2D eigenvalue weighted by molar-refractivity contribution is 0.653. The quantitative estimate of drug-likeness (QED) is 0.673. The number of nitrogens with zero attached hydrogens (tertiary/aromatic N) is 4. The zero-order valence-corrected chi connectivity index (χ0v) is 16.7. The van der Waals surface area contributed by atoms with Crippen molar-refractivity contribution in [3.8, 4) is 0 Å². The molecule has 0 saturated carbocycles. The number of hydrogen-bond acceptors (Lipinski definition) is 5. The van der Waals surface area contributed by atoms with E-state index < -0.39 is 0 Å². The van der Waals surface area contributed by atoms with Gasteiger partial charge < -0.3 is 10.2 Å². The lowest BCUT2D eigenvalue weighted by Crippen LogP contribution is -2.32. The van der Waals surface area contributed by atoms with Gasteiger partial charge in [-0.15, -0.1) is 5.10 Å². The van der Waals surface area contributed by atoms with Gasteiger partial charge in [0.1, 0.15) is 0 Å². The molecule has 0 fully saturated rings. The summed E-state index contributed by atoms with van der Waals surface area (Å²) in [7, 11) is 0. The second kappa shape index (κ2) is 8.16. The van der Waals surface area contributed by atoms with Crippen LogP contribution in [0.2, 0.25) is 0 Å². The molecule has 0 spiro atoms. The SMILES string of the molecule is Cc1cc(C)c(Nc2cnnc(N(Cc3ccccc3)C(C)C)n2)c(C)c1. The van der Waals surface area contributed by atoms with Crippen LogP contribution >= 0.6 is 0 Å². The zero-order valence-electron chi connectivity index (χ0n) is 16.7. The molecule has 0 atom stereocenters. The van der Waals surface area contributed by atoms with Crippen molar-refractivity contribution >= 4 is 17.5 Å². The van der Waals surface area contributed by atoms with Crippen molar-refractivity contribution in [2.24, 2.45) is 0 Å². The van der Waals surface area contributed by atoms with Crippen LogP contribution in [0, 0.1) is 20.8 Å². The lowest BCUT2D eigenvalue weighted by Gasteiger charge is -2.26. The van der Waals surface area contributed by atoms with Crippen LogP contribution in [-0.2, 0) is 6.54 Å². The maximum atomic E-state index is 4.73. The molecule has 0 amide bonds. The maximum absolute atomic E-state index is 4.73. The molecule has 1 aromatic heterocycles. The van der Waals surface area contributed by atoms with Gasteiger partial charge >= 0.3 is 0 Å². The molecule has 0 aliphatic rings. The summed E-state index contributed by atoms with van der Waals surface area (Å²) in [5.41, 5.74) is 5.94. The molecule has 0 radical (unpaired) electrons.